The fraction of sp³-hybridized carbons (Fsp3) is 0.533. The van der Waals surface area contributed by atoms with Gasteiger partial charge in [-0.25, -0.2) is 9.78 Å². The average Bonchev–Trinajstić information content (AvgIpc) is 2.35. The van der Waals surface area contributed by atoms with Gasteiger partial charge in [0, 0.05) is 5.69 Å². The fourth-order valence-corrected chi connectivity index (χ4v) is 2.15. The van der Waals surface area contributed by atoms with Crippen molar-refractivity contribution >= 4 is 17.9 Å². The highest BCUT2D eigenvalue weighted by atomic mass is 16.6. The monoisotopic (exact) mass is 308 g/mol. The van der Waals surface area contributed by atoms with Gasteiger partial charge in [0.1, 0.15) is 12.2 Å². The van der Waals surface area contributed by atoms with Gasteiger partial charge in [-0.15, -0.1) is 0 Å². The molecule has 1 aliphatic heterocycles. The molecule has 1 aromatic heterocycles. The minimum atomic E-state index is -1.02. The van der Waals surface area contributed by atoms with Gasteiger partial charge in [-0.2, -0.15) is 0 Å². The number of hydrogen-bond donors (Lipinski definition) is 1. The number of anilines is 1. The summed E-state index contributed by atoms with van der Waals surface area (Å²) in [6.45, 7) is 7.13. The summed E-state index contributed by atoms with van der Waals surface area (Å²) >= 11 is 0. The van der Waals surface area contributed by atoms with Crippen LogP contribution in [0, 0.1) is 6.92 Å². The van der Waals surface area contributed by atoms with E-state index in [0.717, 1.165) is 0 Å². The van der Waals surface area contributed by atoms with Gasteiger partial charge in [-0.05, 0) is 39.8 Å². The van der Waals surface area contributed by atoms with E-state index in [4.69, 9.17) is 14.6 Å². The summed E-state index contributed by atoms with van der Waals surface area (Å²) in [4.78, 5) is 29.1. The fourth-order valence-electron chi connectivity index (χ4n) is 2.15. The number of ether oxygens (including phenoxy) is 2. The molecule has 1 atom stereocenters. The normalized spacial score (nSPS) is 17.5. The number of carboxylic acids is 1. The molecule has 7 heteroatoms. The molecule has 0 bridgehead atoms. The Morgan fingerprint density at radius 1 is 1.45 bits per heavy atom. The van der Waals surface area contributed by atoms with Gasteiger partial charge in [-0.1, -0.05) is 0 Å². The summed E-state index contributed by atoms with van der Waals surface area (Å²) in [5.74, 6) is -0.275. The molecule has 1 amide bonds. The lowest BCUT2D eigenvalue weighted by molar-refractivity contribution is -0.137. The Morgan fingerprint density at radius 3 is 2.73 bits per heavy atom. The summed E-state index contributed by atoms with van der Waals surface area (Å²) in [7, 11) is 0. The highest BCUT2D eigenvalue weighted by Crippen LogP contribution is 2.34. The molecule has 2 heterocycles. The first-order valence-corrected chi connectivity index (χ1v) is 7.02. The zero-order chi connectivity index (χ0) is 16.5. The Balaban J connectivity index is 2.39. The number of nitrogens with zero attached hydrogens (tertiary/aromatic N) is 2. The smallest absolute Gasteiger partial charge is 0.416 e. The molecule has 1 unspecified atom stereocenters. The SMILES string of the molecule is Cc1ccc2c(n1)N(C(=O)OC(C)(C)C)C(CC(=O)O)CO2. The summed E-state index contributed by atoms with van der Waals surface area (Å²) in [6.07, 6.45) is -0.865. The molecule has 0 spiro atoms. The van der Waals surface area contributed by atoms with Crippen molar-refractivity contribution in [1.82, 2.24) is 4.98 Å². The second kappa shape index (κ2) is 5.82. The first-order valence-electron chi connectivity index (χ1n) is 7.02. The first kappa shape index (κ1) is 16.1. The zero-order valence-electron chi connectivity index (χ0n) is 13.1. The maximum absolute atomic E-state index is 12.5. The third-order valence-electron chi connectivity index (χ3n) is 3.00. The Bertz CT molecular complexity index is 594. The number of pyridine rings is 1. The molecular weight excluding hydrogens is 288 g/mol. The van der Waals surface area contributed by atoms with Crippen molar-refractivity contribution in [3.05, 3.63) is 17.8 Å². The van der Waals surface area contributed by atoms with E-state index >= 15 is 0 Å². The zero-order valence-corrected chi connectivity index (χ0v) is 13.1. The van der Waals surface area contributed by atoms with Crippen molar-refractivity contribution < 1.29 is 24.2 Å². The van der Waals surface area contributed by atoms with Crippen LogP contribution < -0.4 is 9.64 Å². The molecule has 0 saturated carbocycles. The summed E-state index contributed by atoms with van der Waals surface area (Å²) in [5.41, 5.74) is 0.0135. The number of aliphatic carboxylic acids is 1. The minimum Gasteiger partial charge on any atom is -0.488 e. The Kier molecular flexibility index (Phi) is 4.25. The lowest BCUT2D eigenvalue weighted by atomic mass is 10.1. The van der Waals surface area contributed by atoms with Gasteiger partial charge >= 0.3 is 12.1 Å². The van der Waals surface area contributed by atoms with Crippen LogP contribution in [0.4, 0.5) is 10.6 Å². The van der Waals surface area contributed by atoms with Crippen molar-refractivity contribution in [3.8, 4) is 5.75 Å². The number of hydrogen-bond acceptors (Lipinski definition) is 5. The van der Waals surface area contributed by atoms with Crippen molar-refractivity contribution in [2.24, 2.45) is 0 Å². The van der Waals surface area contributed by atoms with E-state index in [2.05, 4.69) is 4.98 Å². The van der Waals surface area contributed by atoms with E-state index in [9.17, 15) is 9.59 Å². The molecule has 0 radical (unpaired) electrons. The van der Waals surface area contributed by atoms with Gasteiger partial charge in [-0.3, -0.25) is 9.69 Å². The largest absolute Gasteiger partial charge is 0.488 e. The quantitative estimate of drug-likeness (QED) is 0.902. The van der Waals surface area contributed by atoms with Crippen LogP contribution in [0.1, 0.15) is 32.9 Å². The first-order chi connectivity index (χ1) is 10.2. The second-order valence-electron chi connectivity index (χ2n) is 6.19. The van der Waals surface area contributed by atoms with Gasteiger partial charge in [0.2, 0.25) is 0 Å². The molecule has 1 aliphatic rings. The number of aromatic nitrogens is 1. The molecule has 0 aliphatic carbocycles. The topological polar surface area (TPSA) is 89.0 Å². The van der Waals surface area contributed by atoms with Crippen LogP contribution in [0.15, 0.2) is 12.1 Å². The van der Waals surface area contributed by atoms with Gasteiger partial charge < -0.3 is 14.6 Å². The molecule has 1 N–H and O–H groups in total. The molecule has 2 rings (SSSR count). The maximum atomic E-state index is 12.5. The predicted molar refractivity (Wildman–Crippen MR) is 79.2 cm³/mol. The van der Waals surface area contributed by atoms with E-state index in [0.29, 0.717) is 17.3 Å². The van der Waals surface area contributed by atoms with Gasteiger partial charge in [0.05, 0.1) is 12.5 Å². The van der Waals surface area contributed by atoms with Crippen LogP contribution in [0.2, 0.25) is 0 Å². The molecule has 120 valence electrons. The number of carboxylic acid groups (broad SMARTS) is 1. The van der Waals surface area contributed by atoms with Crippen molar-refractivity contribution in [3.63, 3.8) is 0 Å². The number of aryl methyl sites for hydroxylation is 1. The third kappa shape index (κ3) is 3.66. The maximum Gasteiger partial charge on any atom is 0.416 e. The summed E-state index contributed by atoms with van der Waals surface area (Å²) in [5, 5.41) is 9.05. The van der Waals surface area contributed by atoms with Gasteiger partial charge in [0.15, 0.2) is 11.6 Å². The highest BCUT2D eigenvalue weighted by Gasteiger charge is 2.37. The molecule has 0 saturated heterocycles. The Hall–Kier alpha value is -2.31. The molecule has 22 heavy (non-hydrogen) atoms. The molecule has 1 aromatic rings. The molecule has 0 fully saturated rings. The van der Waals surface area contributed by atoms with Crippen LogP contribution in [-0.2, 0) is 9.53 Å². The molecule has 0 aromatic carbocycles. The Morgan fingerprint density at radius 2 is 2.14 bits per heavy atom. The van der Waals surface area contributed by atoms with Crippen LogP contribution >= 0.6 is 0 Å². The number of fused-ring (bicyclic) bond motifs is 1. The van der Waals surface area contributed by atoms with Crippen molar-refractivity contribution in [1.29, 1.82) is 0 Å². The average molecular weight is 308 g/mol. The number of carbonyl (C=O) groups excluding carboxylic acids is 1. The lowest BCUT2D eigenvalue weighted by Gasteiger charge is -2.36. The Labute approximate surface area is 128 Å². The number of rotatable bonds is 2. The van der Waals surface area contributed by atoms with Gasteiger partial charge in [0.25, 0.3) is 0 Å². The second-order valence-corrected chi connectivity index (χ2v) is 6.19. The van der Waals surface area contributed by atoms with Crippen molar-refractivity contribution in [2.45, 2.75) is 45.8 Å². The van der Waals surface area contributed by atoms with Crippen LogP contribution in [0.25, 0.3) is 0 Å². The number of amides is 1. The van der Waals surface area contributed by atoms with E-state index < -0.39 is 23.7 Å². The van der Waals surface area contributed by atoms with E-state index in [1.807, 2.05) is 0 Å². The van der Waals surface area contributed by atoms with E-state index in [-0.39, 0.29) is 13.0 Å². The predicted octanol–water partition coefficient (Wildman–Crippen LogP) is 2.37. The summed E-state index contributed by atoms with van der Waals surface area (Å²) < 4.78 is 10.9. The highest BCUT2D eigenvalue weighted by molar-refractivity contribution is 5.90. The molecule has 7 nitrogen and oxygen atoms in total. The minimum absolute atomic E-state index is 0.0866. The van der Waals surface area contributed by atoms with Crippen LogP contribution in [-0.4, -0.2) is 40.4 Å². The van der Waals surface area contributed by atoms with Crippen molar-refractivity contribution in [2.75, 3.05) is 11.5 Å². The lowest BCUT2D eigenvalue weighted by Crippen LogP contribution is -2.50. The van der Waals surface area contributed by atoms with Crippen LogP contribution in [0.5, 0.6) is 5.75 Å². The van der Waals surface area contributed by atoms with E-state index in [1.165, 1.54) is 4.90 Å². The standard InChI is InChI=1S/C15H20N2O5/c1-9-5-6-11-13(16-9)17(14(20)22-15(2,3)4)10(8-21-11)7-12(18)19/h5-6,10H,7-8H2,1-4H3,(H,18,19). The van der Waals surface area contributed by atoms with E-state index in [1.54, 1.807) is 39.8 Å². The number of carbonyl (C=O) groups is 2. The van der Waals surface area contributed by atoms with Crippen LogP contribution in [0.3, 0.4) is 0 Å². The third-order valence-corrected chi connectivity index (χ3v) is 3.00. The summed E-state index contributed by atoms with van der Waals surface area (Å²) in [6, 6.07) is 2.82. The molecular formula is C15H20N2O5.